The lowest BCUT2D eigenvalue weighted by Crippen LogP contribution is -1.84. The Kier molecular flexibility index (Phi) is 2.27. The molecule has 0 fully saturated rings. The SMILES string of the molecule is Nc1ccc2onc(-c3ccccc3Cl)c2c1. The molecule has 0 aliphatic rings. The summed E-state index contributed by atoms with van der Waals surface area (Å²) in [6.45, 7) is 0. The monoisotopic (exact) mass is 244 g/mol. The van der Waals surface area contributed by atoms with Gasteiger partial charge in [-0.05, 0) is 24.3 Å². The van der Waals surface area contributed by atoms with Gasteiger partial charge in [0, 0.05) is 11.3 Å². The van der Waals surface area contributed by atoms with Gasteiger partial charge in [-0.25, -0.2) is 0 Å². The second-order valence-corrected chi connectivity index (χ2v) is 4.17. The van der Waals surface area contributed by atoms with Crippen molar-refractivity contribution in [3.63, 3.8) is 0 Å². The average molecular weight is 245 g/mol. The lowest BCUT2D eigenvalue weighted by Gasteiger charge is -1.99. The number of halogens is 1. The van der Waals surface area contributed by atoms with Gasteiger partial charge >= 0.3 is 0 Å². The summed E-state index contributed by atoms with van der Waals surface area (Å²) in [5.41, 5.74) is 8.71. The number of anilines is 1. The molecule has 0 saturated carbocycles. The fourth-order valence-electron chi connectivity index (χ4n) is 1.80. The Balaban J connectivity index is 2.31. The first-order chi connectivity index (χ1) is 8.25. The topological polar surface area (TPSA) is 52.0 Å². The predicted octanol–water partition coefficient (Wildman–Crippen LogP) is 3.73. The molecule has 0 aliphatic heterocycles. The Morgan fingerprint density at radius 1 is 1.12 bits per heavy atom. The highest BCUT2D eigenvalue weighted by atomic mass is 35.5. The number of benzene rings is 2. The van der Waals surface area contributed by atoms with Crippen LogP contribution in [0.1, 0.15) is 0 Å². The molecule has 4 heteroatoms. The van der Waals surface area contributed by atoms with Crippen LogP contribution in [0.25, 0.3) is 22.2 Å². The summed E-state index contributed by atoms with van der Waals surface area (Å²) >= 11 is 6.14. The van der Waals surface area contributed by atoms with E-state index in [1.807, 2.05) is 30.3 Å². The molecule has 1 heterocycles. The highest BCUT2D eigenvalue weighted by Crippen LogP contribution is 2.33. The van der Waals surface area contributed by atoms with Crippen LogP contribution in [0, 0.1) is 0 Å². The average Bonchev–Trinajstić information content (AvgIpc) is 2.72. The summed E-state index contributed by atoms with van der Waals surface area (Å²) in [4.78, 5) is 0. The summed E-state index contributed by atoms with van der Waals surface area (Å²) in [7, 11) is 0. The van der Waals surface area contributed by atoms with Crippen molar-refractivity contribution in [2.24, 2.45) is 0 Å². The Morgan fingerprint density at radius 3 is 2.76 bits per heavy atom. The van der Waals surface area contributed by atoms with E-state index >= 15 is 0 Å². The summed E-state index contributed by atoms with van der Waals surface area (Å²) in [6.07, 6.45) is 0. The van der Waals surface area contributed by atoms with Crippen LogP contribution >= 0.6 is 11.6 Å². The van der Waals surface area contributed by atoms with Gasteiger partial charge in [0.1, 0.15) is 5.69 Å². The molecule has 0 amide bonds. The molecule has 2 N–H and O–H groups in total. The first-order valence-electron chi connectivity index (χ1n) is 5.15. The summed E-state index contributed by atoms with van der Waals surface area (Å²) in [5, 5.41) is 5.57. The first-order valence-corrected chi connectivity index (χ1v) is 5.53. The van der Waals surface area contributed by atoms with Crippen LogP contribution in [-0.2, 0) is 0 Å². The molecule has 2 aromatic carbocycles. The van der Waals surface area contributed by atoms with Crippen LogP contribution in [0.2, 0.25) is 5.02 Å². The van der Waals surface area contributed by atoms with Gasteiger partial charge in [0.2, 0.25) is 0 Å². The second kappa shape index (κ2) is 3.79. The number of nitrogens with two attached hydrogens (primary N) is 1. The standard InChI is InChI=1S/C13H9ClN2O/c14-11-4-2-1-3-9(11)13-10-7-8(15)5-6-12(10)17-16-13/h1-7H,15H2. The Hall–Kier alpha value is -2.00. The van der Waals surface area contributed by atoms with Gasteiger partial charge in [0.25, 0.3) is 0 Å². The van der Waals surface area contributed by atoms with Crippen LogP contribution < -0.4 is 5.73 Å². The number of aromatic nitrogens is 1. The van der Waals surface area contributed by atoms with Crippen LogP contribution in [0.15, 0.2) is 47.0 Å². The first kappa shape index (κ1) is 10.2. The molecule has 0 unspecified atom stereocenters. The minimum atomic E-state index is 0.644. The van der Waals surface area contributed by atoms with Crippen molar-refractivity contribution in [1.82, 2.24) is 5.16 Å². The van der Waals surface area contributed by atoms with E-state index in [4.69, 9.17) is 21.9 Å². The van der Waals surface area contributed by atoms with E-state index < -0.39 is 0 Å². The van der Waals surface area contributed by atoms with Gasteiger partial charge in [-0.3, -0.25) is 0 Å². The van der Waals surface area contributed by atoms with Crippen molar-refractivity contribution in [1.29, 1.82) is 0 Å². The molecule has 0 saturated heterocycles. The van der Waals surface area contributed by atoms with Gasteiger partial charge < -0.3 is 10.3 Å². The number of nitrogen functional groups attached to an aromatic ring is 1. The maximum absolute atomic E-state index is 6.14. The Morgan fingerprint density at radius 2 is 1.94 bits per heavy atom. The summed E-state index contributed by atoms with van der Waals surface area (Å²) < 4.78 is 5.25. The van der Waals surface area contributed by atoms with Crippen molar-refractivity contribution in [2.75, 3.05) is 5.73 Å². The minimum Gasteiger partial charge on any atom is -0.399 e. The minimum absolute atomic E-state index is 0.644. The predicted molar refractivity (Wildman–Crippen MR) is 68.9 cm³/mol. The second-order valence-electron chi connectivity index (χ2n) is 3.77. The lowest BCUT2D eigenvalue weighted by molar-refractivity contribution is 0.459. The largest absolute Gasteiger partial charge is 0.399 e. The lowest BCUT2D eigenvalue weighted by atomic mass is 10.1. The van der Waals surface area contributed by atoms with E-state index in [1.165, 1.54) is 0 Å². The molecular weight excluding hydrogens is 236 g/mol. The van der Waals surface area contributed by atoms with E-state index in [0.29, 0.717) is 16.3 Å². The zero-order valence-electron chi connectivity index (χ0n) is 8.85. The highest BCUT2D eigenvalue weighted by Gasteiger charge is 2.12. The van der Waals surface area contributed by atoms with Gasteiger partial charge in [-0.2, -0.15) is 0 Å². The fourth-order valence-corrected chi connectivity index (χ4v) is 2.03. The third-order valence-electron chi connectivity index (χ3n) is 2.62. The van der Waals surface area contributed by atoms with Gasteiger partial charge in [0.15, 0.2) is 5.58 Å². The fraction of sp³-hybridized carbons (Fsp3) is 0. The van der Waals surface area contributed by atoms with E-state index in [9.17, 15) is 0 Å². The highest BCUT2D eigenvalue weighted by molar-refractivity contribution is 6.33. The number of hydrogen-bond acceptors (Lipinski definition) is 3. The quantitative estimate of drug-likeness (QED) is 0.664. The molecule has 0 bridgehead atoms. The summed E-state index contributed by atoms with van der Waals surface area (Å²) in [6, 6.07) is 12.9. The van der Waals surface area contributed by atoms with Crippen LogP contribution in [-0.4, -0.2) is 5.16 Å². The molecule has 0 radical (unpaired) electrons. The molecule has 0 atom stereocenters. The van der Waals surface area contributed by atoms with Crippen molar-refractivity contribution in [2.45, 2.75) is 0 Å². The molecule has 1 aromatic heterocycles. The molecule has 0 aliphatic carbocycles. The third-order valence-corrected chi connectivity index (χ3v) is 2.95. The van der Waals surface area contributed by atoms with Gasteiger partial charge in [-0.1, -0.05) is 35.0 Å². The third kappa shape index (κ3) is 1.65. The van der Waals surface area contributed by atoms with Crippen molar-refractivity contribution >= 4 is 28.3 Å². The molecule has 84 valence electrons. The number of fused-ring (bicyclic) bond motifs is 1. The number of hydrogen-bond donors (Lipinski definition) is 1. The normalized spacial score (nSPS) is 10.9. The maximum Gasteiger partial charge on any atom is 0.167 e. The maximum atomic E-state index is 6.14. The smallest absolute Gasteiger partial charge is 0.167 e. The van der Waals surface area contributed by atoms with E-state index in [-0.39, 0.29) is 0 Å². The van der Waals surface area contributed by atoms with Crippen LogP contribution in [0.4, 0.5) is 5.69 Å². The van der Waals surface area contributed by atoms with Crippen LogP contribution in [0.3, 0.4) is 0 Å². The molecule has 3 aromatic rings. The Labute approximate surface area is 103 Å². The van der Waals surface area contributed by atoms with E-state index in [0.717, 1.165) is 16.6 Å². The summed E-state index contributed by atoms with van der Waals surface area (Å²) in [5.74, 6) is 0. The number of nitrogens with zero attached hydrogens (tertiary/aromatic N) is 1. The van der Waals surface area contributed by atoms with Crippen molar-refractivity contribution in [3.05, 3.63) is 47.5 Å². The van der Waals surface area contributed by atoms with Gasteiger partial charge in [-0.15, -0.1) is 0 Å². The molecule has 3 rings (SSSR count). The Bertz CT molecular complexity index is 691. The van der Waals surface area contributed by atoms with E-state index in [2.05, 4.69) is 5.16 Å². The van der Waals surface area contributed by atoms with Gasteiger partial charge in [0.05, 0.1) is 10.4 Å². The van der Waals surface area contributed by atoms with Crippen molar-refractivity contribution in [3.8, 4) is 11.3 Å². The molecule has 0 spiro atoms. The zero-order valence-corrected chi connectivity index (χ0v) is 9.61. The van der Waals surface area contributed by atoms with Crippen molar-refractivity contribution < 1.29 is 4.52 Å². The zero-order chi connectivity index (χ0) is 11.8. The molecule has 17 heavy (non-hydrogen) atoms. The van der Waals surface area contributed by atoms with E-state index in [1.54, 1.807) is 12.1 Å². The molecule has 3 nitrogen and oxygen atoms in total. The number of rotatable bonds is 1. The molecular formula is C13H9ClN2O. The van der Waals surface area contributed by atoms with Crippen LogP contribution in [0.5, 0.6) is 0 Å².